The van der Waals surface area contributed by atoms with Crippen molar-refractivity contribution in [1.29, 1.82) is 0 Å². The highest BCUT2D eigenvalue weighted by Gasteiger charge is 2.33. The molecule has 1 N–H and O–H groups in total. The Bertz CT molecular complexity index is 1080. The first-order valence-corrected chi connectivity index (χ1v) is 10.0. The van der Waals surface area contributed by atoms with E-state index < -0.39 is 0 Å². The highest BCUT2D eigenvalue weighted by atomic mass is 35.5. The summed E-state index contributed by atoms with van der Waals surface area (Å²) >= 11 is 6.36. The van der Waals surface area contributed by atoms with Crippen molar-refractivity contribution < 1.29 is 9.90 Å². The molecule has 0 fully saturated rings. The third-order valence-electron chi connectivity index (χ3n) is 5.33. The number of aromatic hydroxyl groups is 1. The molecule has 0 spiro atoms. The van der Waals surface area contributed by atoms with Gasteiger partial charge in [0.25, 0.3) is 0 Å². The molecule has 1 amide bonds. The Morgan fingerprint density at radius 1 is 0.931 bits per heavy atom. The lowest BCUT2D eigenvalue weighted by atomic mass is 10.1. The van der Waals surface area contributed by atoms with Crippen LogP contribution in [0.25, 0.3) is 0 Å². The van der Waals surface area contributed by atoms with Crippen molar-refractivity contribution in [2.45, 2.75) is 20.8 Å². The second kappa shape index (κ2) is 7.45. The number of rotatable bonds is 2. The SMILES string of the molecule is Cc1ccc(C)c(N2C(=O)C(C)CN(c3ccc(O)cc3)c3cc(Cl)ccc32)c1. The summed E-state index contributed by atoms with van der Waals surface area (Å²) in [5.41, 5.74) is 5.58. The number of benzene rings is 3. The Morgan fingerprint density at radius 2 is 1.66 bits per heavy atom. The first-order chi connectivity index (χ1) is 13.8. The number of hydrogen-bond donors (Lipinski definition) is 1. The molecular weight excluding hydrogens is 384 g/mol. The third-order valence-corrected chi connectivity index (χ3v) is 5.57. The van der Waals surface area contributed by atoms with Gasteiger partial charge in [-0.25, -0.2) is 0 Å². The minimum absolute atomic E-state index is 0.0450. The number of carbonyl (C=O) groups is 1. The fraction of sp³-hybridized carbons (Fsp3) is 0.208. The van der Waals surface area contributed by atoms with Crippen LogP contribution in [0.2, 0.25) is 5.02 Å². The maximum atomic E-state index is 13.5. The van der Waals surface area contributed by atoms with Crippen molar-refractivity contribution in [2.75, 3.05) is 16.3 Å². The number of fused-ring (bicyclic) bond motifs is 1. The lowest BCUT2D eigenvalue weighted by molar-refractivity contribution is -0.120. The number of hydrogen-bond acceptors (Lipinski definition) is 3. The van der Waals surface area contributed by atoms with Crippen LogP contribution in [-0.4, -0.2) is 17.6 Å². The standard InChI is InChI=1S/C24H23ClN2O2/c1-15-4-5-16(2)22(12-15)27-21-11-6-18(25)13-23(21)26(14-17(3)24(27)29)19-7-9-20(28)10-8-19/h4-13,17,28H,14H2,1-3H3. The summed E-state index contributed by atoms with van der Waals surface area (Å²) in [5.74, 6) is 0.00877. The Kier molecular flexibility index (Phi) is 4.97. The normalized spacial score (nSPS) is 16.6. The van der Waals surface area contributed by atoms with Crippen LogP contribution in [0, 0.1) is 19.8 Å². The summed E-state index contributed by atoms with van der Waals surface area (Å²) in [6.45, 7) is 6.50. The van der Waals surface area contributed by atoms with Gasteiger partial charge < -0.3 is 10.0 Å². The molecule has 0 radical (unpaired) electrons. The van der Waals surface area contributed by atoms with E-state index in [9.17, 15) is 9.90 Å². The van der Waals surface area contributed by atoms with Crippen LogP contribution in [-0.2, 0) is 4.79 Å². The van der Waals surface area contributed by atoms with Crippen LogP contribution in [0.3, 0.4) is 0 Å². The Hall–Kier alpha value is -2.98. The maximum absolute atomic E-state index is 13.5. The van der Waals surface area contributed by atoms with E-state index in [4.69, 9.17) is 11.6 Å². The summed E-state index contributed by atoms with van der Waals surface area (Å²) in [4.78, 5) is 17.4. The number of nitrogens with zero attached hydrogens (tertiary/aromatic N) is 2. The minimum atomic E-state index is -0.241. The molecule has 1 heterocycles. The zero-order valence-corrected chi connectivity index (χ0v) is 17.4. The monoisotopic (exact) mass is 406 g/mol. The van der Waals surface area contributed by atoms with E-state index in [0.717, 1.165) is 33.9 Å². The Balaban J connectivity index is 1.95. The van der Waals surface area contributed by atoms with Crippen LogP contribution in [0.4, 0.5) is 22.7 Å². The number of carbonyl (C=O) groups excluding carboxylic acids is 1. The van der Waals surface area contributed by atoms with E-state index in [-0.39, 0.29) is 17.6 Å². The highest BCUT2D eigenvalue weighted by molar-refractivity contribution is 6.31. The molecular formula is C24H23ClN2O2. The topological polar surface area (TPSA) is 43.8 Å². The van der Waals surface area contributed by atoms with Gasteiger partial charge in [-0.1, -0.05) is 30.7 Å². The first-order valence-electron chi connectivity index (χ1n) is 9.62. The maximum Gasteiger partial charge on any atom is 0.236 e. The molecule has 148 valence electrons. The number of amides is 1. The van der Waals surface area contributed by atoms with E-state index in [1.54, 1.807) is 12.1 Å². The second-order valence-electron chi connectivity index (χ2n) is 7.62. The van der Waals surface area contributed by atoms with Crippen molar-refractivity contribution in [3.8, 4) is 5.75 Å². The van der Waals surface area contributed by atoms with E-state index in [2.05, 4.69) is 17.0 Å². The minimum Gasteiger partial charge on any atom is -0.508 e. The van der Waals surface area contributed by atoms with Gasteiger partial charge in [-0.05, 0) is 73.5 Å². The smallest absolute Gasteiger partial charge is 0.236 e. The van der Waals surface area contributed by atoms with E-state index in [1.807, 2.05) is 62.1 Å². The lowest BCUT2D eigenvalue weighted by Crippen LogP contribution is -2.33. The summed E-state index contributed by atoms with van der Waals surface area (Å²) in [6.07, 6.45) is 0. The zero-order valence-electron chi connectivity index (χ0n) is 16.7. The van der Waals surface area contributed by atoms with Gasteiger partial charge in [0.05, 0.1) is 23.0 Å². The molecule has 1 aliphatic rings. The Labute approximate surface area is 176 Å². The molecule has 0 saturated carbocycles. The molecule has 3 aromatic rings. The van der Waals surface area contributed by atoms with Gasteiger partial charge in [-0.3, -0.25) is 9.69 Å². The number of anilines is 4. The van der Waals surface area contributed by atoms with Gasteiger partial charge >= 0.3 is 0 Å². The molecule has 0 aliphatic carbocycles. The van der Waals surface area contributed by atoms with Crippen LogP contribution in [0.15, 0.2) is 60.7 Å². The predicted molar refractivity (Wildman–Crippen MR) is 119 cm³/mol. The van der Waals surface area contributed by atoms with Gasteiger partial charge in [0, 0.05) is 17.3 Å². The number of phenolic OH excluding ortho intramolecular Hbond substituents is 1. The fourth-order valence-corrected chi connectivity index (χ4v) is 3.94. The van der Waals surface area contributed by atoms with Crippen molar-refractivity contribution >= 4 is 40.3 Å². The average molecular weight is 407 g/mol. The van der Waals surface area contributed by atoms with Gasteiger partial charge in [0.15, 0.2) is 0 Å². The van der Waals surface area contributed by atoms with Crippen LogP contribution in [0.1, 0.15) is 18.1 Å². The van der Waals surface area contributed by atoms with E-state index >= 15 is 0 Å². The van der Waals surface area contributed by atoms with Crippen molar-refractivity contribution in [1.82, 2.24) is 0 Å². The van der Waals surface area contributed by atoms with Crippen LogP contribution in [0.5, 0.6) is 5.75 Å². The summed E-state index contributed by atoms with van der Waals surface area (Å²) in [5, 5.41) is 10.3. The summed E-state index contributed by atoms with van der Waals surface area (Å²) < 4.78 is 0. The molecule has 0 aromatic heterocycles. The molecule has 1 atom stereocenters. The van der Waals surface area contributed by atoms with Gasteiger partial charge in [-0.15, -0.1) is 0 Å². The van der Waals surface area contributed by atoms with Gasteiger partial charge in [-0.2, -0.15) is 0 Å². The molecule has 4 nitrogen and oxygen atoms in total. The number of phenols is 1. The predicted octanol–water partition coefficient (Wildman–Crippen LogP) is 6.11. The first kappa shape index (κ1) is 19.3. The zero-order chi connectivity index (χ0) is 20.7. The molecule has 4 rings (SSSR count). The van der Waals surface area contributed by atoms with Gasteiger partial charge in [0.2, 0.25) is 5.91 Å². The highest BCUT2D eigenvalue weighted by Crippen LogP contribution is 2.44. The van der Waals surface area contributed by atoms with Crippen molar-refractivity contribution in [3.63, 3.8) is 0 Å². The second-order valence-corrected chi connectivity index (χ2v) is 8.06. The largest absolute Gasteiger partial charge is 0.508 e. The van der Waals surface area contributed by atoms with Crippen LogP contribution >= 0.6 is 11.6 Å². The molecule has 5 heteroatoms. The molecule has 0 bridgehead atoms. The molecule has 0 saturated heterocycles. The molecule has 29 heavy (non-hydrogen) atoms. The Morgan fingerprint density at radius 3 is 2.38 bits per heavy atom. The molecule has 1 aliphatic heterocycles. The van der Waals surface area contributed by atoms with Crippen molar-refractivity contribution in [3.05, 3.63) is 76.8 Å². The molecule has 1 unspecified atom stereocenters. The summed E-state index contributed by atoms with van der Waals surface area (Å²) in [7, 11) is 0. The quantitative estimate of drug-likeness (QED) is 0.558. The lowest BCUT2D eigenvalue weighted by Gasteiger charge is -2.28. The third kappa shape index (κ3) is 3.56. The van der Waals surface area contributed by atoms with E-state index in [1.165, 1.54) is 0 Å². The molecule has 3 aromatic carbocycles. The van der Waals surface area contributed by atoms with Gasteiger partial charge in [0.1, 0.15) is 5.75 Å². The summed E-state index contributed by atoms with van der Waals surface area (Å²) in [6, 6.07) is 18.8. The number of halogens is 1. The van der Waals surface area contributed by atoms with Crippen LogP contribution < -0.4 is 9.80 Å². The number of aryl methyl sites for hydroxylation is 2. The average Bonchev–Trinajstić information content (AvgIpc) is 2.80. The van der Waals surface area contributed by atoms with Crippen molar-refractivity contribution in [2.24, 2.45) is 5.92 Å². The fourth-order valence-electron chi connectivity index (χ4n) is 3.78. The van der Waals surface area contributed by atoms with E-state index in [0.29, 0.717) is 11.6 Å².